The van der Waals surface area contributed by atoms with Gasteiger partial charge in [0, 0.05) is 0 Å². The molecule has 2 saturated carbocycles. The van der Waals surface area contributed by atoms with Crippen molar-refractivity contribution in [2.45, 2.75) is 57.5 Å². The molecule has 0 aromatic carbocycles. The maximum atomic E-state index is 10.2. The van der Waals surface area contributed by atoms with E-state index in [4.69, 9.17) is 0 Å². The second kappa shape index (κ2) is 3.90. The molecule has 0 amide bonds. The van der Waals surface area contributed by atoms with Crippen LogP contribution >= 0.6 is 0 Å². The molecule has 0 bridgehead atoms. The molecule has 0 radical (unpaired) electrons. The molecule has 1 unspecified atom stereocenters. The summed E-state index contributed by atoms with van der Waals surface area (Å²) in [6, 6.07) is 2.42. The first kappa shape index (κ1) is 9.98. The number of hydrogen-bond acceptors (Lipinski definition) is 2. The zero-order chi connectivity index (χ0) is 10.0. The lowest BCUT2D eigenvalue weighted by Crippen LogP contribution is -2.43. The second-order valence-corrected chi connectivity index (χ2v) is 4.96. The van der Waals surface area contributed by atoms with E-state index in [0.717, 1.165) is 38.5 Å². The lowest BCUT2D eigenvalue weighted by Gasteiger charge is -2.42. The van der Waals surface area contributed by atoms with E-state index < -0.39 is 0 Å². The first-order chi connectivity index (χ1) is 6.78. The average Bonchev–Trinajstić information content (AvgIpc) is 2.16. The van der Waals surface area contributed by atoms with E-state index in [1.54, 1.807) is 0 Å². The van der Waals surface area contributed by atoms with Gasteiger partial charge in [0.2, 0.25) is 0 Å². The summed E-state index contributed by atoms with van der Waals surface area (Å²) < 4.78 is 0. The monoisotopic (exact) mass is 193 g/mol. The number of nitrogens with zero attached hydrogens (tertiary/aromatic N) is 1. The number of hydrogen-bond donors (Lipinski definition) is 1. The molecular weight excluding hydrogens is 174 g/mol. The molecule has 2 fully saturated rings. The minimum atomic E-state index is -0.386. The lowest BCUT2D eigenvalue weighted by molar-refractivity contribution is -0.0335. The van der Waals surface area contributed by atoms with Crippen LogP contribution in [0, 0.1) is 22.7 Å². The summed E-state index contributed by atoms with van der Waals surface area (Å²) in [7, 11) is 0. The molecule has 2 rings (SSSR count). The topological polar surface area (TPSA) is 44.0 Å². The molecule has 1 N–H and O–H groups in total. The Morgan fingerprint density at radius 3 is 2.21 bits per heavy atom. The van der Waals surface area contributed by atoms with Crippen molar-refractivity contribution in [1.29, 1.82) is 5.26 Å². The van der Waals surface area contributed by atoms with Crippen molar-refractivity contribution in [3.05, 3.63) is 0 Å². The van der Waals surface area contributed by atoms with Crippen LogP contribution in [0.3, 0.4) is 0 Å². The SMILES string of the molecule is N#CC1(C(O)C2CCC2)CCCCC1. The van der Waals surface area contributed by atoms with Crippen molar-refractivity contribution in [2.24, 2.45) is 11.3 Å². The third kappa shape index (κ3) is 1.54. The van der Waals surface area contributed by atoms with Crippen LogP contribution in [0.15, 0.2) is 0 Å². The summed E-state index contributed by atoms with van der Waals surface area (Å²) in [5, 5.41) is 19.5. The maximum absolute atomic E-state index is 10.2. The highest BCUT2D eigenvalue weighted by Gasteiger charge is 2.44. The second-order valence-electron chi connectivity index (χ2n) is 4.96. The Kier molecular flexibility index (Phi) is 2.78. The first-order valence-electron chi connectivity index (χ1n) is 5.88. The van der Waals surface area contributed by atoms with Crippen LogP contribution in [0.1, 0.15) is 51.4 Å². The Morgan fingerprint density at radius 1 is 1.14 bits per heavy atom. The van der Waals surface area contributed by atoms with E-state index in [2.05, 4.69) is 6.07 Å². The molecule has 78 valence electrons. The maximum Gasteiger partial charge on any atom is 0.0835 e. The molecule has 0 heterocycles. The molecule has 2 nitrogen and oxygen atoms in total. The van der Waals surface area contributed by atoms with Gasteiger partial charge in [0.1, 0.15) is 0 Å². The molecule has 0 spiro atoms. The van der Waals surface area contributed by atoms with Gasteiger partial charge in [-0.3, -0.25) is 0 Å². The van der Waals surface area contributed by atoms with Crippen LogP contribution < -0.4 is 0 Å². The van der Waals surface area contributed by atoms with Crippen LogP contribution in [0.2, 0.25) is 0 Å². The summed E-state index contributed by atoms with van der Waals surface area (Å²) in [5.41, 5.74) is -0.386. The van der Waals surface area contributed by atoms with Gasteiger partial charge in [0.25, 0.3) is 0 Å². The Bertz CT molecular complexity index is 233. The quantitative estimate of drug-likeness (QED) is 0.732. The van der Waals surface area contributed by atoms with Crippen LogP contribution in [0.25, 0.3) is 0 Å². The number of rotatable bonds is 2. The molecule has 14 heavy (non-hydrogen) atoms. The molecule has 1 atom stereocenters. The zero-order valence-corrected chi connectivity index (χ0v) is 8.71. The van der Waals surface area contributed by atoms with Crippen molar-refractivity contribution in [3.63, 3.8) is 0 Å². The molecule has 2 aliphatic rings. The normalized spacial score (nSPS) is 28.9. The van der Waals surface area contributed by atoms with E-state index >= 15 is 0 Å². The molecule has 0 aliphatic heterocycles. The van der Waals surface area contributed by atoms with Gasteiger partial charge in [-0.1, -0.05) is 25.7 Å². The Hall–Kier alpha value is -0.550. The zero-order valence-electron chi connectivity index (χ0n) is 8.71. The molecule has 0 saturated heterocycles. The van der Waals surface area contributed by atoms with Crippen molar-refractivity contribution >= 4 is 0 Å². The van der Waals surface area contributed by atoms with Crippen LogP contribution in [0.5, 0.6) is 0 Å². The fraction of sp³-hybridized carbons (Fsp3) is 0.917. The number of nitriles is 1. The highest BCUT2D eigenvalue weighted by molar-refractivity contribution is 5.07. The van der Waals surface area contributed by atoms with Gasteiger partial charge in [-0.2, -0.15) is 5.26 Å². The van der Waals surface area contributed by atoms with Gasteiger partial charge in [0.05, 0.1) is 17.6 Å². The van der Waals surface area contributed by atoms with Gasteiger partial charge < -0.3 is 5.11 Å². The average molecular weight is 193 g/mol. The highest BCUT2D eigenvalue weighted by Crippen LogP contribution is 2.45. The van der Waals surface area contributed by atoms with E-state index in [0.29, 0.717) is 5.92 Å². The smallest absolute Gasteiger partial charge is 0.0835 e. The van der Waals surface area contributed by atoms with Crippen molar-refractivity contribution in [3.8, 4) is 6.07 Å². The third-order valence-corrected chi connectivity index (χ3v) is 4.13. The summed E-state index contributed by atoms with van der Waals surface area (Å²) in [4.78, 5) is 0. The molecule has 2 heteroatoms. The summed E-state index contributed by atoms with van der Waals surface area (Å²) in [5.74, 6) is 0.424. The molecule has 0 aromatic rings. The fourth-order valence-corrected chi connectivity index (χ4v) is 2.86. The predicted molar refractivity (Wildman–Crippen MR) is 54.5 cm³/mol. The number of aliphatic hydroxyl groups excluding tert-OH is 1. The van der Waals surface area contributed by atoms with E-state index in [1.165, 1.54) is 12.8 Å². The van der Waals surface area contributed by atoms with E-state index in [9.17, 15) is 10.4 Å². The minimum Gasteiger partial charge on any atom is -0.391 e. The molecule has 2 aliphatic carbocycles. The van der Waals surface area contributed by atoms with Crippen molar-refractivity contribution < 1.29 is 5.11 Å². The predicted octanol–water partition coefficient (Wildman–Crippen LogP) is 2.62. The Balaban J connectivity index is 2.06. The summed E-state index contributed by atoms with van der Waals surface area (Å²) in [6.45, 7) is 0. The Labute approximate surface area is 85.9 Å². The first-order valence-corrected chi connectivity index (χ1v) is 5.88. The van der Waals surface area contributed by atoms with Gasteiger partial charge in [0.15, 0.2) is 0 Å². The summed E-state index contributed by atoms with van der Waals surface area (Å²) >= 11 is 0. The van der Waals surface area contributed by atoms with Gasteiger partial charge >= 0.3 is 0 Å². The van der Waals surface area contributed by atoms with E-state index in [1.807, 2.05) is 0 Å². The fourth-order valence-electron chi connectivity index (χ4n) is 2.86. The molecular formula is C12H19NO. The van der Waals surface area contributed by atoms with Crippen molar-refractivity contribution in [2.75, 3.05) is 0 Å². The summed E-state index contributed by atoms with van der Waals surface area (Å²) in [6.07, 6.45) is 8.47. The minimum absolute atomic E-state index is 0.346. The van der Waals surface area contributed by atoms with Crippen LogP contribution in [0.4, 0.5) is 0 Å². The Morgan fingerprint density at radius 2 is 1.79 bits per heavy atom. The highest BCUT2D eigenvalue weighted by atomic mass is 16.3. The van der Waals surface area contributed by atoms with E-state index in [-0.39, 0.29) is 11.5 Å². The van der Waals surface area contributed by atoms with Gasteiger partial charge in [-0.25, -0.2) is 0 Å². The molecule has 0 aromatic heterocycles. The largest absolute Gasteiger partial charge is 0.391 e. The van der Waals surface area contributed by atoms with Crippen LogP contribution in [-0.4, -0.2) is 11.2 Å². The van der Waals surface area contributed by atoms with Gasteiger partial charge in [-0.05, 0) is 31.6 Å². The van der Waals surface area contributed by atoms with Crippen molar-refractivity contribution in [1.82, 2.24) is 0 Å². The third-order valence-electron chi connectivity index (χ3n) is 4.13. The lowest BCUT2D eigenvalue weighted by atomic mass is 9.64. The van der Waals surface area contributed by atoms with Gasteiger partial charge in [-0.15, -0.1) is 0 Å². The van der Waals surface area contributed by atoms with Crippen LogP contribution in [-0.2, 0) is 0 Å². The number of aliphatic hydroxyl groups is 1. The standard InChI is InChI=1S/C12H19NO/c13-9-12(7-2-1-3-8-12)11(14)10-5-4-6-10/h10-11,14H,1-8H2.